The fraction of sp³-hybridized carbons (Fsp3) is 0.769. The summed E-state index contributed by atoms with van der Waals surface area (Å²) in [6, 6.07) is 0.513. The van der Waals surface area contributed by atoms with Gasteiger partial charge in [-0.3, -0.25) is 4.68 Å². The molecule has 1 aliphatic carbocycles. The smallest absolute Gasteiger partial charge is 0.157 e. The predicted molar refractivity (Wildman–Crippen MR) is 66.3 cm³/mol. The highest BCUT2D eigenvalue weighted by Crippen LogP contribution is 2.24. The Hall–Kier alpha value is -1.03. The van der Waals surface area contributed by atoms with Gasteiger partial charge in [0, 0.05) is 6.54 Å². The summed E-state index contributed by atoms with van der Waals surface area (Å²) in [4.78, 5) is 0. The van der Waals surface area contributed by atoms with Crippen LogP contribution in [0.1, 0.15) is 44.6 Å². The number of hydrogen-bond acceptors (Lipinski definition) is 3. The molecule has 0 amide bonds. The van der Waals surface area contributed by atoms with Crippen LogP contribution in [0.2, 0.25) is 0 Å². The zero-order chi connectivity index (χ0) is 11.5. The first kappa shape index (κ1) is 11.1. The molecule has 17 heavy (non-hydrogen) atoms. The third kappa shape index (κ3) is 2.63. The van der Waals surface area contributed by atoms with Crippen molar-refractivity contribution in [2.75, 3.05) is 13.1 Å². The lowest BCUT2D eigenvalue weighted by Crippen LogP contribution is -2.19. The molecule has 2 fully saturated rings. The lowest BCUT2D eigenvalue weighted by atomic mass is 9.98. The summed E-state index contributed by atoms with van der Waals surface area (Å²) >= 11 is 0. The molecule has 0 spiro atoms. The number of rotatable bonds is 3. The molecule has 0 bridgehead atoms. The van der Waals surface area contributed by atoms with E-state index in [1.165, 1.54) is 38.5 Å². The molecule has 1 saturated carbocycles. The van der Waals surface area contributed by atoms with Crippen LogP contribution in [-0.2, 0) is 0 Å². The molecule has 1 aliphatic heterocycles. The Balaban J connectivity index is 1.59. The molecule has 1 unspecified atom stereocenters. The molecular formula is C13H21N3O. The molecule has 1 saturated heterocycles. The van der Waals surface area contributed by atoms with E-state index in [4.69, 9.17) is 4.74 Å². The first-order valence-corrected chi connectivity index (χ1v) is 6.83. The zero-order valence-electron chi connectivity index (χ0n) is 10.3. The average Bonchev–Trinajstić information content (AvgIpc) is 3.00. The van der Waals surface area contributed by atoms with E-state index >= 15 is 0 Å². The minimum Gasteiger partial charge on any atom is -0.487 e. The first-order chi connectivity index (χ1) is 8.42. The number of ether oxygens (including phenoxy) is 1. The molecule has 1 atom stereocenters. The molecule has 1 N–H and O–H groups in total. The Labute approximate surface area is 102 Å². The van der Waals surface area contributed by atoms with Crippen LogP contribution in [0, 0.1) is 0 Å². The van der Waals surface area contributed by atoms with E-state index in [2.05, 4.69) is 21.3 Å². The van der Waals surface area contributed by atoms with Crippen molar-refractivity contribution in [2.24, 2.45) is 0 Å². The van der Waals surface area contributed by atoms with Gasteiger partial charge < -0.3 is 10.1 Å². The van der Waals surface area contributed by atoms with E-state index in [9.17, 15) is 0 Å². The lowest BCUT2D eigenvalue weighted by Gasteiger charge is -2.21. The van der Waals surface area contributed by atoms with E-state index in [0.29, 0.717) is 12.1 Å². The molecule has 94 valence electrons. The maximum absolute atomic E-state index is 5.99. The van der Waals surface area contributed by atoms with Gasteiger partial charge in [0.25, 0.3) is 0 Å². The number of aromatic nitrogens is 2. The molecule has 4 heteroatoms. The van der Waals surface area contributed by atoms with E-state index in [-0.39, 0.29) is 0 Å². The van der Waals surface area contributed by atoms with Crippen molar-refractivity contribution in [1.82, 2.24) is 15.1 Å². The second-order valence-electron chi connectivity index (χ2n) is 5.18. The van der Waals surface area contributed by atoms with Crippen molar-refractivity contribution in [1.29, 1.82) is 0 Å². The van der Waals surface area contributed by atoms with E-state index in [0.717, 1.165) is 18.8 Å². The van der Waals surface area contributed by atoms with Crippen LogP contribution in [0.25, 0.3) is 0 Å². The van der Waals surface area contributed by atoms with Crippen LogP contribution >= 0.6 is 0 Å². The Kier molecular flexibility index (Phi) is 3.31. The van der Waals surface area contributed by atoms with Crippen LogP contribution < -0.4 is 10.1 Å². The fourth-order valence-electron chi connectivity index (χ4n) is 2.82. The highest BCUT2D eigenvalue weighted by molar-refractivity contribution is 5.13. The lowest BCUT2D eigenvalue weighted by molar-refractivity contribution is 0.154. The summed E-state index contributed by atoms with van der Waals surface area (Å²) in [5.74, 6) is 0.948. The monoisotopic (exact) mass is 235 g/mol. The van der Waals surface area contributed by atoms with Gasteiger partial charge in [-0.25, -0.2) is 0 Å². The van der Waals surface area contributed by atoms with Gasteiger partial charge >= 0.3 is 0 Å². The van der Waals surface area contributed by atoms with Gasteiger partial charge in [-0.2, -0.15) is 5.10 Å². The third-order valence-corrected chi connectivity index (χ3v) is 3.84. The largest absolute Gasteiger partial charge is 0.487 e. The summed E-state index contributed by atoms with van der Waals surface area (Å²) in [7, 11) is 0. The summed E-state index contributed by atoms with van der Waals surface area (Å²) in [5, 5.41) is 7.78. The van der Waals surface area contributed by atoms with Crippen LogP contribution in [0.4, 0.5) is 0 Å². The minimum atomic E-state index is 0.420. The van der Waals surface area contributed by atoms with Crippen molar-refractivity contribution >= 4 is 0 Å². The van der Waals surface area contributed by atoms with Gasteiger partial charge in [-0.05, 0) is 38.6 Å². The van der Waals surface area contributed by atoms with E-state index < -0.39 is 0 Å². The molecule has 2 heterocycles. The maximum Gasteiger partial charge on any atom is 0.157 e. The average molecular weight is 235 g/mol. The van der Waals surface area contributed by atoms with Crippen LogP contribution in [0.15, 0.2) is 12.4 Å². The fourth-order valence-corrected chi connectivity index (χ4v) is 2.82. The molecule has 2 aliphatic rings. The molecule has 0 radical (unpaired) electrons. The number of nitrogens with zero attached hydrogens (tertiary/aromatic N) is 2. The Bertz CT molecular complexity index is 351. The van der Waals surface area contributed by atoms with Gasteiger partial charge in [0.2, 0.25) is 0 Å². The highest BCUT2D eigenvalue weighted by Gasteiger charge is 2.19. The van der Waals surface area contributed by atoms with E-state index in [1.807, 2.05) is 6.20 Å². The van der Waals surface area contributed by atoms with Crippen molar-refractivity contribution in [3.05, 3.63) is 12.4 Å². The van der Waals surface area contributed by atoms with E-state index in [1.54, 1.807) is 0 Å². The summed E-state index contributed by atoms with van der Waals surface area (Å²) < 4.78 is 8.05. The molecule has 1 aromatic heterocycles. The van der Waals surface area contributed by atoms with Gasteiger partial charge in [-0.1, -0.05) is 6.42 Å². The van der Waals surface area contributed by atoms with Crippen LogP contribution in [0.5, 0.6) is 5.75 Å². The Morgan fingerprint density at radius 1 is 1.24 bits per heavy atom. The Morgan fingerprint density at radius 3 is 2.88 bits per heavy atom. The minimum absolute atomic E-state index is 0.420. The predicted octanol–water partition coefficient (Wildman–Crippen LogP) is 2.13. The number of nitrogens with one attached hydrogen (secondary N) is 1. The maximum atomic E-state index is 5.99. The first-order valence-electron chi connectivity index (χ1n) is 6.83. The van der Waals surface area contributed by atoms with Crippen molar-refractivity contribution in [2.45, 2.75) is 50.7 Å². The second kappa shape index (κ2) is 5.08. The van der Waals surface area contributed by atoms with Gasteiger partial charge in [0.15, 0.2) is 5.75 Å². The third-order valence-electron chi connectivity index (χ3n) is 3.84. The Morgan fingerprint density at radius 2 is 2.12 bits per heavy atom. The zero-order valence-corrected chi connectivity index (χ0v) is 10.3. The summed E-state index contributed by atoms with van der Waals surface area (Å²) in [5.41, 5.74) is 0. The molecule has 0 aromatic carbocycles. The molecule has 3 rings (SSSR count). The van der Waals surface area contributed by atoms with Crippen molar-refractivity contribution < 1.29 is 4.74 Å². The quantitative estimate of drug-likeness (QED) is 0.872. The molecular weight excluding hydrogens is 214 g/mol. The molecule has 1 aromatic rings. The van der Waals surface area contributed by atoms with Crippen LogP contribution in [-0.4, -0.2) is 29.0 Å². The standard InChI is InChI=1S/C13H21N3O/c1-2-4-12(5-3-1)17-13-9-15-16(10-13)11-6-7-14-8-11/h9-12,14H,1-8H2. The second-order valence-corrected chi connectivity index (χ2v) is 5.18. The number of hydrogen-bond donors (Lipinski definition) is 1. The van der Waals surface area contributed by atoms with Crippen molar-refractivity contribution in [3.8, 4) is 5.75 Å². The highest BCUT2D eigenvalue weighted by atomic mass is 16.5. The van der Waals surface area contributed by atoms with Crippen molar-refractivity contribution in [3.63, 3.8) is 0 Å². The summed E-state index contributed by atoms with van der Waals surface area (Å²) in [6.07, 6.45) is 11.9. The SMILES string of the molecule is c1nn(C2CCNC2)cc1OC1CCCCC1. The van der Waals surface area contributed by atoms with Gasteiger partial charge in [0.1, 0.15) is 0 Å². The molecule has 4 nitrogen and oxygen atoms in total. The van der Waals surface area contributed by atoms with Gasteiger partial charge in [-0.15, -0.1) is 0 Å². The van der Waals surface area contributed by atoms with Gasteiger partial charge in [0.05, 0.1) is 24.5 Å². The normalized spacial score (nSPS) is 26.2. The van der Waals surface area contributed by atoms with Crippen LogP contribution in [0.3, 0.4) is 0 Å². The summed E-state index contributed by atoms with van der Waals surface area (Å²) in [6.45, 7) is 2.13. The topological polar surface area (TPSA) is 39.1 Å².